The van der Waals surface area contributed by atoms with Gasteiger partial charge in [0, 0.05) is 20.3 Å². The van der Waals surface area contributed by atoms with E-state index in [1.807, 2.05) is 0 Å². The van der Waals surface area contributed by atoms with Gasteiger partial charge in [-0.2, -0.15) is 0 Å². The minimum atomic E-state index is -1.92. The fourth-order valence-electron chi connectivity index (χ4n) is 13.3. The predicted octanol–water partition coefficient (Wildman–Crippen LogP) is 6.55. The Bertz CT molecular complexity index is 1950. The standard InChI is InChI=1S/C70H131N3O21/c1-6-8-10-12-14-16-18-20-22-23-24-25-26-27-28-30-32-34-36-38-40-42-54(78)73-50(41-39-37-35-33-31-29-21-19-17-15-13-11-9-7-2)45-87-67-55(71-48(4)76)59(81)66(53(92-67)46-88-69-63(85)61(83)57(79)47(3)89-69)93-68-56(72-49(5)77)60(82)65(52(44-75)91-68)94-70-64(86)62(84)58(80)51(43-74)90-70/h47,50-53,55-70,74-75,79-86H,6-46H2,1-5H3,(H,71,76)(H,72,77)(H,73,78)/t47-,50-,51+,52+,53+,55+,56+,57+,58+,59+,60+,61+,62-,63-,64-,65+,66+,67+,68-,69+,70-/m0/s1. The smallest absolute Gasteiger partial charge is 0.220 e. The number of carbonyl (C=O) groups excluding carboxylic acids is 3. The molecule has 0 saturated carbocycles. The van der Waals surface area contributed by atoms with E-state index in [0.29, 0.717) is 12.8 Å². The molecule has 94 heavy (non-hydrogen) atoms. The second-order valence-electron chi connectivity index (χ2n) is 27.4. The molecule has 0 aromatic rings. The van der Waals surface area contributed by atoms with Crippen LogP contribution in [-0.2, 0) is 52.3 Å². The van der Waals surface area contributed by atoms with E-state index < -0.39 is 160 Å². The van der Waals surface area contributed by atoms with E-state index in [0.717, 1.165) is 64.7 Å². The molecule has 0 spiro atoms. The van der Waals surface area contributed by atoms with Crippen molar-refractivity contribution in [2.45, 2.75) is 401 Å². The summed E-state index contributed by atoms with van der Waals surface area (Å²) in [5.41, 5.74) is 0. The van der Waals surface area contributed by atoms with Crippen molar-refractivity contribution in [1.29, 1.82) is 0 Å². The number of carbonyl (C=O) groups is 3. The summed E-state index contributed by atoms with van der Waals surface area (Å²) in [6.45, 7) is 5.90. The average molecular weight is 1350 g/mol. The third kappa shape index (κ3) is 31.1. The van der Waals surface area contributed by atoms with Crippen LogP contribution in [0.4, 0.5) is 0 Å². The number of aliphatic hydroxyl groups is 10. The number of ether oxygens (including phenoxy) is 8. The summed E-state index contributed by atoms with van der Waals surface area (Å²) < 4.78 is 48.8. The highest BCUT2D eigenvalue weighted by Gasteiger charge is 2.55. The zero-order chi connectivity index (χ0) is 68.6. The Labute approximate surface area is 562 Å². The van der Waals surface area contributed by atoms with Crippen molar-refractivity contribution in [2.24, 2.45) is 0 Å². The van der Waals surface area contributed by atoms with Crippen LogP contribution in [0.25, 0.3) is 0 Å². The minimum Gasteiger partial charge on any atom is -0.394 e. The topological polar surface area (TPSA) is 363 Å². The highest BCUT2D eigenvalue weighted by atomic mass is 16.8. The van der Waals surface area contributed by atoms with Gasteiger partial charge < -0.3 is 105 Å². The van der Waals surface area contributed by atoms with E-state index in [9.17, 15) is 65.4 Å². The van der Waals surface area contributed by atoms with Crippen LogP contribution in [0, 0.1) is 0 Å². The molecule has 4 fully saturated rings. The molecule has 4 rings (SSSR count). The number of aliphatic hydroxyl groups excluding tert-OH is 10. The van der Waals surface area contributed by atoms with E-state index in [1.54, 1.807) is 0 Å². The second-order valence-corrected chi connectivity index (χ2v) is 27.4. The normalized spacial score (nSPS) is 31.7. The van der Waals surface area contributed by atoms with Gasteiger partial charge in [0.1, 0.15) is 91.4 Å². The van der Waals surface area contributed by atoms with Gasteiger partial charge in [0.15, 0.2) is 25.2 Å². The molecule has 552 valence electrons. The molecule has 0 aliphatic carbocycles. The molecular formula is C70H131N3O21. The summed E-state index contributed by atoms with van der Waals surface area (Å²) in [6.07, 6.45) is 14.5. The summed E-state index contributed by atoms with van der Waals surface area (Å²) in [4.78, 5) is 39.6. The number of amides is 3. The molecule has 24 heteroatoms. The molecule has 0 radical (unpaired) electrons. The van der Waals surface area contributed by atoms with Gasteiger partial charge in [-0.1, -0.05) is 232 Å². The second kappa shape index (κ2) is 49.3. The van der Waals surface area contributed by atoms with Crippen molar-refractivity contribution in [3.8, 4) is 0 Å². The van der Waals surface area contributed by atoms with Gasteiger partial charge in [-0.25, -0.2) is 0 Å². The molecule has 4 aliphatic heterocycles. The van der Waals surface area contributed by atoms with Crippen molar-refractivity contribution in [2.75, 3.05) is 26.4 Å². The van der Waals surface area contributed by atoms with Crippen LogP contribution in [0.15, 0.2) is 0 Å². The van der Waals surface area contributed by atoms with Crippen molar-refractivity contribution >= 4 is 17.7 Å². The monoisotopic (exact) mass is 1350 g/mol. The van der Waals surface area contributed by atoms with Crippen LogP contribution in [0.3, 0.4) is 0 Å². The third-order valence-corrected chi connectivity index (χ3v) is 19.2. The fourth-order valence-corrected chi connectivity index (χ4v) is 13.3. The predicted molar refractivity (Wildman–Crippen MR) is 354 cm³/mol. The maximum Gasteiger partial charge on any atom is 0.220 e. The van der Waals surface area contributed by atoms with Crippen LogP contribution in [-0.4, -0.2) is 224 Å². The first-order valence-electron chi connectivity index (χ1n) is 37.0. The molecule has 21 atom stereocenters. The number of nitrogens with one attached hydrogen (secondary N) is 3. The molecule has 24 nitrogen and oxygen atoms in total. The van der Waals surface area contributed by atoms with Crippen molar-refractivity contribution in [3.63, 3.8) is 0 Å². The first kappa shape index (κ1) is 84.1. The molecule has 3 amide bonds. The Kier molecular flexibility index (Phi) is 44.1. The van der Waals surface area contributed by atoms with Gasteiger partial charge in [0.2, 0.25) is 17.7 Å². The zero-order valence-corrected chi connectivity index (χ0v) is 58.1. The molecule has 0 bridgehead atoms. The van der Waals surface area contributed by atoms with Crippen LogP contribution in [0.1, 0.15) is 272 Å². The van der Waals surface area contributed by atoms with Crippen molar-refractivity contribution < 1.29 is 103 Å². The lowest BCUT2D eigenvalue weighted by Gasteiger charge is -2.50. The number of hydrogen-bond acceptors (Lipinski definition) is 21. The largest absolute Gasteiger partial charge is 0.394 e. The number of rotatable bonds is 52. The first-order chi connectivity index (χ1) is 45.4. The zero-order valence-electron chi connectivity index (χ0n) is 58.1. The fraction of sp³-hybridized carbons (Fsp3) is 0.957. The molecule has 0 aromatic carbocycles. The molecule has 13 N–H and O–H groups in total. The van der Waals surface area contributed by atoms with E-state index >= 15 is 0 Å². The summed E-state index contributed by atoms with van der Waals surface area (Å²) >= 11 is 0. The Morgan fingerprint density at radius 1 is 0.394 bits per heavy atom. The van der Waals surface area contributed by atoms with Crippen molar-refractivity contribution in [3.05, 3.63) is 0 Å². The van der Waals surface area contributed by atoms with Crippen LogP contribution >= 0.6 is 0 Å². The van der Waals surface area contributed by atoms with Gasteiger partial charge in [-0.05, 0) is 19.8 Å². The lowest BCUT2D eigenvalue weighted by molar-refractivity contribution is -0.365. The third-order valence-electron chi connectivity index (χ3n) is 19.2. The van der Waals surface area contributed by atoms with E-state index in [-0.39, 0.29) is 12.5 Å². The van der Waals surface area contributed by atoms with Gasteiger partial charge >= 0.3 is 0 Å². The number of hydrogen-bond donors (Lipinski definition) is 13. The molecule has 4 aliphatic rings. The van der Waals surface area contributed by atoms with E-state index in [4.69, 9.17) is 37.9 Å². The van der Waals surface area contributed by atoms with Gasteiger partial charge in [0.05, 0.1) is 38.6 Å². The Morgan fingerprint density at radius 3 is 1.21 bits per heavy atom. The average Bonchev–Trinajstić information content (AvgIpc) is 0.779. The quantitative estimate of drug-likeness (QED) is 0.0287. The highest BCUT2D eigenvalue weighted by molar-refractivity contribution is 5.76. The van der Waals surface area contributed by atoms with E-state index in [1.165, 1.54) is 181 Å². The maximum atomic E-state index is 13.8. The van der Waals surface area contributed by atoms with Crippen LogP contribution in [0.5, 0.6) is 0 Å². The lowest BCUT2D eigenvalue weighted by Crippen LogP contribution is -2.70. The Hall–Kier alpha value is -2.31. The maximum absolute atomic E-state index is 13.8. The van der Waals surface area contributed by atoms with Gasteiger partial charge in [-0.15, -0.1) is 0 Å². The van der Waals surface area contributed by atoms with Gasteiger partial charge in [0.25, 0.3) is 0 Å². The Morgan fingerprint density at radius 2 is 0.766 bits per heavy atom. The van der Waals surface area contributed by atoms with Crippen LogP contribution < -0.4 is 16.0 Å². The summed E-state index contributed by atoms with van der Waals surface area (Å²) in [6, 6.07) is -3.52. The number of unbranched alkanes of at least 4 members (excludes halogenated alkanes) is 33. The van der Waals surface area contributed by atoms with Crippen molar-refractivity contribution in [1.82, 2.24) is 16.0 Å². The van der Waals surface area contributed by atoms with Gasteiger partial charge in [-0.3, -0.25) is 14.4 Å². The Balaban J connectivity index is 1.42. The summed E-state index contributed by atoms with van der Waals surface area (Å²) in [7, 11) is 0. The van der Waals surface area contributed by atoms with E-state index in [2.05, 4.69) is 29.8 Å². The molecule has 0 unspecified atom stereocenters. The lowest BCUT2D eigenvalue weighted by atomic mass is 9.94. The van der Waals surface area contributed by atoms with Crippen LogP contribution in [0.2, 0.25) is 0 Å². The molecule has 4 saturated heterocycles. The SMILES string of the molecule is CCCCCCCCCCCCCCCCCCCCCCCC(=O)N[C@@H](CCCCCCCCCCCCCCCC)CO[C@@H]1O[C@H](CO[C@@H]2O[C@@H](C)[C@@H](O)[C@@H](O)[C@@H]2O)[C@@H](O[C@@H]2O[C@H](CO)[C@@H](O[C@@H]3O[C@H](CO)[C@@H](O)[C@H](O)[C@@H]3O)[C@H](O)[C@H]2NC(C)=O)[C@H](O)[C@H]1NC(C)=O. The molecular weight excluding hydrogens is 1220 g/mol. The summed E-state index contributed by atoms with van der Waals surface area (Å²) in [5, 5.41) is 117. The molecule has 0 aromatic heterocycles. The first-order valence-corrected chi connectivity index (χ1v) is 37.0. The molecule has 4 heterocycles. The highest BCUT2D eigenvalue weighted by Crippen LogP contribution is 2.34. The summed E-state index contributed by atoms with van der Waals surface area (Å²) in [5.74, 6) is -1.45. The minimum absolute atomic E-state index is 0.112.